The first-order chi connectivity index (χ1) is 11.5. The molecular formula is C19H17ClN2OS. The maximum Gasteiger partial charge on any atom is 0.255 e. The molecule has 0 aliphatic carbocycles. The molecule has 0 unspecified atom stereocenters. The van der Waals surface area contributed by atoms with Gasteiger partial charge in [-0.3, -0.25) is 4.79 Å². The Morgan fingerprint density at radius 1 is 1.08 bits per heavy atom. The average molecular weight is 357 g/mol. The first kappa shape index (κ1) is 16.7. The molecule has 5 heteroatoms. The molecule has 0 bridgehead atoms. The Kier molecular flexibility index (Phi) is 4.69. The Bertz CT molecular complexity index is 900. The molecule has 122 valence electrons. The highest BCUT2D eigenvalue weighted by molar-refractivity contribution is 7.11. The molecule has 3 nitrogen and oxygen atoms in total. The number of carbonyl (C=O) groups is 1. The second-order valence-corrected chi connectivity index (χ2v) is 7.40. The molecule has 0 aliphatic rings. The van der Waals surface area contributed by atoms with Gasteiger partial charge in [-0.1, -0.05) is 29.8 Å². The lowest BCUT2D eigenvalue weighted by molar-refractivity contribution is 0.102. The van der Waals surface area contributed by atoms with E-state index < -0.39 is 0 Å². The normalized spacial score (nSPS) is 10.7. The summed E-state index contributed by atoms with van der Waals surface area (Å²) in [6.45, 7) is 5.94. The third-order valence-corrected chi connectivity index (χ3v) is 5.14. The van der Waals surface area contributed by atoms with Gasteiger partial charge in [0.1, 0.15) is 0 Å². The van der Waals surface area contributed by atoms with Crippen LogP contribution in [0.4, 0.5) is 5.69 Å². The van der Waals surface area contributed by atoms with Crippen molar-refractivity contribution in [1.29, 1.82) is 0 Å². The lowest BCUT2D eigenvalue weighted by Gasteiger charge is -2.10. The number of aryl methyl sites for hydroxylation is 2. The van der Waals surface area contributed by atoms with Crippen LogP contribution in [0.25, 0.3) is 11.3 Å². The van der Waals surface area contributed by atoms with Crippen LogP contribution in [-0.2, 0) is 0 Å². The smallest absolute Gasteiger partial charge is 0.255 e. The topological polar surface area (TPSA) is 42.0 Å². The quantitative estimate of drug-likeness (QED) is 0.659. The zero-order valence-corrected chi connectivity index (χ0v) is 15.3. The second kappa shape index (κ2) is 6.75. The Labute approximate surface area is 150 Å². The number of hydrogen-bond donors (Lipinski definition) is 1. The summed E-state index contributed by atoms with van der Waals surface area (Å²) in [6.07, 6.45) is 0. The van der Waals surface area contributed by atoms with E-state index >= 15 is 0 Å². The summed E-state index contributed by atoms with van der Waals surface area (Å²) >= 11 is 7.77. The Morgan fingerprint density at radius 3 is 2.42 bits per heavy atom. The minimum Gasteiger partial charge on any atom is -0.322 e. The first-order valence-corrected chi connectivity index (χ1v) is 8.76. The molecule has 1 aromatic heterocycles. The Balaban J connectivity index is 1.81. The largest absolute Gasteiger partial charge is 0.322 e. The van der Waals surface area contributed by atoms with Crippen LogP contribution in [0.3, 0.4) is 0 Å². The van der Waals surface area contributed by atoms with Crippen molar-refractivity contribution in [2.75, 3.05) is 5.32 Å². The number of halogens is 1. The van der Waals surface area contributed by atoms with Crippen molar-refractivity contribution in [3.63, 3.8) is 0 Å². The molecule has 1 amide bonds. The van der Waals surface area contributed by atoms with Gasteiger partial charge in [-0.2, -0.15) is 0 Å². The number of carbonyl (C=O) groups excluding carboxylic acids is 1. The minimum atomic E-state index is -0.155. The van der Waals surface area contributed by atoms with Crippen molar-refractivity contribution >= 4 is 34.5 Å². The van der Waals surface area contributed by atoms with Crippen LogP contribution in [0, 0.1) is 20.8 Å². The maximum absolute atomic E-state index is 12.4. The number of nitrogens with zero attached hydrogens (tertiary/aromatic N) is 1. The third-order valence-electron chi connectivity index (χ3n) is 3.84. The summed E-state index contributed by atoms with van der Waals surface area (Å²) in [4.78, 5) is 18.2. The molecule has 1 heterocycles. The summed E-state index contributed by atoms with van der Waals surface area (Å²) in [5.74, 6) is -0.155. The predicted octanol–water partition coefficient (Wildman–Crippen LogP) is 5.64. The third kappa shape index (κ3) is 3.35. The first-order valence-electron chi connectivity index (χ1n) is 7.56. The van der Waals surface area contributed by atoms with Crippen LogP contribution in [0.1, 0.15) is 25.8 Å². The van der Waals surface area contributed by atoms with Gasteiger partial charge >= 0.3 is 0 Å². The molecule has 0 saturated heterocycles. The Hall–Kier alpha value is -2.17. The highest BCUT2D eigenvalue weighted by Crippen LogP contribution is 2.28. The molecule has 24 heavy (non-hydrogen) atoms. The van der Waals surface area contributed by atoms with Crippen LogP contribution in [-0.4, -0.2) is 10.9 Å². The van der Waals surface area contributed by atoms with E-state index in [1.54, 1.807) is 17.4 Å². The van der Waals surface area contributed by atoms with Crippen LogP contribution in [0.15, 0.2) is 42.5 Å². The average Bonchev–Trinajstić information content (AvgIpc) is 2.90. The van der Waals surface area contributed by atoms with Gasteiger partial charge in [0.05, 0.1) is 10.7 Å². The van der Waals surface area contributed by atoms with Crippen LogP contribution < -0.4 is 5.32 Å². The molecule has 0 spiro atoms. The fourth-order valence-corrected chi connectivity index (χ4v) is 3.53. The van der Waals surface area contributed by atoms with Gasteiger partial charge in [0.15, 0.2) is 0 Å². The summed E-state index contributed by atoms with van der Waals surface area (Å²) in [7, 11) is 0. The molecule has 0 fully saturated rings. The van der Waals surface area contributed by atoms with Gasteiger partial charge in [-0.25, -0.2) is 4.98 Å². The fourth-order valence-electron chi connectivity index (χ4n) is 2.51. The number of benzene rings is 2. The number of thiazole rings is 1. The summed E-state index contributed by atoms with van der Waals surface area (Å²) < 4.78 is 0. The summed E-state index contributed by atoms with van der Waals surface area (Å²) in [5.41, 5.74) is 4.19. The number of amides is 1. The zero-order valence-electron chi connectivity index (χ0n) is 13.7. The molecule has 0 aliphatic heterocycles. The van der Waals surface area contributed by atoms with Gasteiger partial charge in [-0.15, -0.1) is 11.3 Å². The van der Waals surface area contributed by atoms with Crippen molar-refractivity contribution in [2.24, 2.45) is 0 Å². The second-order valence-electron chi connectivity index (χ2n) is 5.58. The SMILES string of the molecule is Cc1nc(-c2ccc(C(=O)Nc3cccc(Cl)c3C)cc2)c(C)s1. The van der Waals surface area contributed by atoms with Gasteiger partial charge in [0.2, 0.25) is 0 Å². The van der Waals surface area contributed by atoms with Gasteiger partial charge in [0.25, 0.3) is 5.91 Å². The van der Waals surface area contributed by atoms with Gasteiger partial charge in [0, 0.05) is 26.7 Å². The minimum absolute atomic E-state index is 0.155. The van der Waals surface area contributed by atoms with E-state index in [1.165, 1.54) is 4.88 Å². The molecule has 3 rings (SSSR count). The van der Waals surface area contributed by atoms with Gasteiger partial charge in [-0.05, 0) is 50.6 Å². The van der Waals surface area contributed by atoms with Crippen molar-refractivity contribution in [3.05, 3.63) is 68.5 Å². The van der Waals surface area contributed by atoms with Gasteiger partial charge < -0.3 is 5.32 Å². The standard InChI is InChI=1S/C19H17ClN2OS/c1-11-16(20)5-4-6-17(11)22-19(23)15-9-7-14(8-10-15)18-12(2)24-13(3)21-18/h4-10H,1-3H3,(H,22,23). The van der Waals surface area contributed by atoms with E-state index in [0.29, 0.717) is 10.6 Å². The van der Waals surface area contributed by atoms with Crippen molar-refractivity contribution < 1.29 is 4.79 Å². The number of aromatic nitrogens is 1. The maximum atomic E-state index is 12.4. The number of nitrogens with one attached hydrogen (secondary N) is 1. The molecular weight excluding hydrogens is 340 g/mol. The lowest BCUT2D eigenvalue weighted by atomic mass is 10.1. The monoisotopic (exact) mass is 356 g/mol. The molecule has 0 atom stereocenters. The van der Waals surface area contributed by atoms with E-state index in [2.05, 4.69) is 17.2 Å². The number of rotatable bonds is 3. The van der Waals surface area contributed by atoms with Crippen molar-refractivity contribution in [2.45, 2.75) is 20.8 Å². The zero-order chi connectivity index (χ0) is 17.3. The van der Waals surface area contributed by atoms with E-state index in [1.807, 2.05) is 50.2 Å². The van der Waals surface area contributed by atoms with E-state index in [9.17, 15) is 4.79 Å². The van der Waals surface area contributed by atoms with Crippen molar-refractivity contribution in [1.82, 2.24) is 4.98 Å². The molecule has 0 saturated carbocycles. The van der Waals surface area contributed by atoms with Crippen molar-refractivity contribution in [3.8, 4) is 11.3 Å². The summed E-state index contributed by atoms with van der Waals surface area (Å²) in [6, 6.07) is 13.0. The highest BCUT2D eigenvalue weighted by atomic mass is 35.5. The number of anilines is 1. The van der Waals surface area contributed by atoms with E-state index in [0.717, 1.165) is 27.5 Å². The van der Waals surface area contributed by atoms with E-state index in [4.69, 9.17) is 11.6 Å². The van der Waals surface area contributed by atoms with Crippen LogP contribution >= 0.6 is 22.9 Å². The van der Waals surface area contributed by atoms with Crippen LogP contribution in [0.5, 0.6) is 0 Å². The molecule has 3 aromatic rings. The highest BCUT2D eigenvalue weighted by Gasteiger charge is 2.11. The summed E-state index contributed by atoms with van der Waals surface area (Å²) in [5, 5.41) is 4.58. The number of hydrogen-bond acceptors (Lipinski definition) is 3. The Morgan fingerprint density at radius 2 is 1.79 bits per heavy atom. The molecule has 2 aromatic carbocycles. The molecule has 1 N–H and O–H groups in total. The fraction of sp³-hybridized carbons (Fsp3) is 0.158. The van der Waals surface area contributed by atoms with E-state index in [-0.39, 0.29) is 5.91 Å². The lowest BCUT2D eigenvalue weighted by Crippen LogP contribution is -2.12. The van der Waals surface area contributed by atoms with Crippen LogP contribution in [0.2, 0.25) is 5.02 Å². The molecule has 0 radical (unpaired) electrons. The predicted molar refractivity (Wildman–Crippen MR) is 101 cm³/mol.